The number of hydrogen-bond acceptors (Lipinski definition) is 4. The van der Waals surface area contributed by atoms with Gasteiger partial charge in [-0.2, -0.15) is 0 Å². The molecule has 5 nitrogen and oxygen atoms in total. The molecule has 0 fully saturated rings. The van der Waals surface area contributed by atoms with Crippen LogP contribution in [-0.4, -0.2) is 16.4 Å². The molecule has 0 aliphatic rings. The minimum atomic E-state index is -0.177. The lowest BCUT2D eigenvalue weighted by Crippen LogP contribution is -2.45. The van der Waals surface area contributed by atoms with Crippen LogP contribution in [0.5, 0.6) is 0 Å². The molecular formula is C12H20N4O. The smallest absolute Gasteiger partial charge is 0.270 e. The molecule has 0 aromatic carbocycles. The molecule has 0 spiro atoms. The van der Waals surface area contributed by atoms with E-state index in [0.717, 1.165) is 12.8 Å². The van der Waals surface area contributed by atoms with E-state index in [1.807, 2.05) is 6.92 Å². The van der Waals surface area contributed by atoms with Crippen LogP contribution in [0.2, 0.25) is 0 Å². The van der Waals surface area contributed by atoms with Crippen LogP contribution in [0.15, 0.2) is 18.3 Å². The molecule has 0 radical (unpaired) electrons. The van der Waals surface area contributed by atoms with Crippen molar-refractivity contribution < 1.29 is 4.79 Å². The third-order valence-electron chi connectivity index (χ3n) is 3.14. The molecule has 0 saturated heterocycles. The van der Waals surface area contributed by atoms with Crippen molar-refractivity contribution in [3.05, 3.63) is 24.0 Å². The number of nitrogens with one attached hydrogen (secondary N) is 2. The first-order valence-electron chi connectivity index (χ1n) is 5.80. The quantitative estimate of drug-likeness (QED) is 0.536. The molecule has 17 heavy (non-hydrogen) atoms. The van der Waals surface area contributed by atoms with E-state index in [1.54, 1.807) is 12.1 Å². The number of aromatic nitrogens is 1. The summed E-state index contributed by atoms with van der Waals surface area (Å²) in [6.07, 6.45) is 3.31. The Morgan fingerprint density at radius 2 is 2.06 bits per heavy atom. The molecule has 0 atom stereocenters. The Bertz CT molecular complexity index is 371. The van der Waals surface area contributed by atoms with E-state index in [0.29, 0.717) is 11.4 Å². The molecule has 1 heterocycles. The molecule has 0 bridgehead atoms. The number of nitrogens with zero attached hydrogens (tertiary/aromatic N) is 1. The topological polar surface area (TPSA) is 80.0 Å². The van der Waals surface area contributed by atoms with Crippen molar-refractivity contribution in [2.24, 2.45) is 5.84 Å². The van der Waals surface area contributed by atoms with Crippen molar-refractivity contribution in [2.45, 2.75) is 39.2 Å². The maximum absolute atomic E-state index is 12.0. The molecule has 5 heteroatoms. The Labute approximate surface area is 102 Å². The van der Waals surface area contributed by atoms with Crippen molar-refractivity contribution in [1.29, 1.82) is 0 Å². The molecule has 94 valence electrons. The Morgan fingerprint density at radius 1 is 1.41 bits per heavy atom. The van der Waals surface area contributed by atoms with Crippen LogP contribution in [-0.2, 0) is 0 Å². The van der Waals surface area contributed by atoms with Crippen molar-refractivity contribution in [3.8, 4) is 0 Å². The summed E-state index contributed by atoms with van der Waals surface area (Å²) in [5, 5.41) is 2.99. The number of hydrogen-bond donors (Lipinski definition) is 3. The molecule has 1 rings (SSSR count). The van der Waals surface area contributed by atoms with Gasteiger partial charge in [-0.25, -0.2) is 4.98 Å². The summed E-state index contributed by atoms with van der Waals surface area (Å²) in [4.78, 5) is 16.0. The zero-order valence-electron chi connectivity index (χ0n) is 10.6. The van der Waals surface area contributed by atoms with Crippen LogP contribution in [0.3, 0.4) is 0 Å². The normalized spacial score (nSPS) is 11.1. The predicted octanol–water partition coefficient (Wildman–Crippen LogP) is 1.68. The van der Waals surface area contributed by atoms with Crippen molar-refractivity contribution in [3.63, 3.8) is 0 Å². The molecule has 0 aliphatic heterocycles. The lowest BCUT2D eigenvalue weighted by Gasteiger charge is -2.27. The van der Waals surface area contributed by atoms with Crippen LogP contribution in [0.25, 0.3) is 0 Å². The van der Waals surface area contributed by atoms with Crippen LogP contribution in [0, 0.1) is 0 Å². The first kappa shape index (κ1) is 13.4. The van der Waals surface area contributed by atoms with Gasteiger partial charge in [-0.3, -0.25) is 10.6 Å². The third-order valence-corrected chi connectivity index (χ3v) is 3.14. The zero-order valence-corrected chi connectivity index (χ0v) is 10.6. The minimum Gasteiger partial charge on any atom is -0.346 e. The van der Waals surface area contributed by atoms with Gasteiger partial charge in [0.1, 0.15) is 5.69 Å². The lowest BCUT2D eigenvalue weighted by atomic mass is 9.95. The van der Waals surface area contributed by atoms with Crippen LogP contribution in [0.4, 0.5) is 5.69 Å². The van der Waals surface area contributed by atoms with Gasteiger partial charge in [0.05, 0.1) is 11.9 Å². The zero-order chi connectivity index (χ0) is 12.9. The van der Waals surface area contributed by atoms with E-state index in [9.17, 15) is 4.79 Å². The van der Waals surface area contributed by atoms with Crippen LogP contribution in [0.1, 0.15) is 44.1 Å². The number of nitrogen functional groups attached to an aromatic ring is 1. The van der Waals surface area contributed by atoms with Crippen molar-refractivity contribution in [2.75, 3.05) is 5.43 Å². The Hall–Kier alpha value is -1.62. The highest BCUT2D eigenvalue weighted by atomic mass is 16.2. The summed E-state index contributed by atoms with van der Waals surface area (Å²) in [6, 6.07) is 3.37. The largest absolute Gasteiger partial charge is 0.346 e. The minimum absolute atomic E-state index is 0.153. The highest BCUT2D eigenvalue weighted by Gasteiger charge is 2.22. The fourth-order valence-corrected chi connectivity index (χ4v) is 1.38. The summed E-state index contributed by atoms with van der Waals surface area (Å²) in [5.74, 6) is 5.08. The number of amides is 1. The molecule has 0 unspecified atom stereocenters. The first-order chi connectivity index (χ1) is 8.04. The number of nitrogens with two attached hydrogens (primary N) is 1. The molecule has 1 amide bonds. The van der Waals surface area contributed by atoms with E-state index in [4.69, 9.17) is 5.84 Å². The monoisotopic (exact) mass is 236 g/mol. The maximum Gasteiger partial charge on any atom is 0.270 e. The number of anilines is 1. The Morgan fingerprint density at radius 3 is 2.47 bits per heavy atom. The van der Waals surface area contributed by atoms with Gasteiger partial charge in [-0.05, 0) is 31.9 Å². The van der Waals surface area contributed by atoms with Gasteiger partial charge in [0.15, 0.2) is 0 Å². The summed E-state index contributed by atoms with van der Waals surface area (Å²) in [7, 11) is 0. The number of carbonyl (C=O) groups is 1. The molecular weight excluding hydrogens is 216 g/mol. The second kappa shape index (κ2) is 5.63. The number of pyridine rings is 1. The van der Waals surface area contributed by atoms with E-state index in [2.05, 4.69) is 29.6 Å². The number of carbonyl (C=O) groups excluding carboxylic acids is 1. The highest BCUT2D eigenvalue weighted by Crippen LogP contribution is 2.14. The average molecular weight is 236 g/mol. The molecule has 1 aromatic rings. The number of hydrazine groups is 1. The highest BCUT2D eigenvalue weighted by molar-refractivity contribution is 5.92. The van der Waals surface area contributed by atoms with Gasteiger partial charge in [0.25, 0.3) is 5.91 Å². The lowest BCUT2D eigenvalue weighted by molar-refractivity contribution is 0.0896. The van der Waals surface area contributed by atoms with Crippen LogP contribution >= 0.6 is 0 Å². The predicted molar refractivity (Wildman–Crippen MR) is 68.5 cm³/mol. The molecule has 4 N–H and O–H groups in total. The van der Waals surface area contributed by atoms with Crippen molar-refractivity contribution >= 4 is 11.6 Å². The van der Waals surface area contributed by atoms with E-state index < -0.39 is 0 Å². The van der Waals surface area contributed by atoms with Crippen molar-refractivity contribution in [1.82, 2.24) is 10.3 Å². The van der Waals surface area contributed by atoms with Gasteiger partial charge >= 0.3 is 0 Å². The summed E-state index contributed by atoms with van der Waals surface area (Å²) < 4.78 is 0. The van der Waals surface area contributed by atoms with E-state index >= 15 is 0 Å². The van der Waals surface area contributed by atoms with E-state index in [1.165, 1.54) is 6.20 Å². The average Bonchev–Trinajstić information content (AvgIpc) is 2.38. The SMILES string of the molecule is CCC(C)(CC)NC(=O)c1ccc(NN)cn1. The number of rotatable bonds is 5. The van der Waals surface area contributed by atoms with E-state index in [-0.39, 0.29) is 11.4 Å². The van der Waals surface area contributed by atoms with Gasteiger partial charge in [0.2, 0.25) is 0 Å². The second-order valence-corrected chi connectivity index (χ2v) is 4.30. The van der Waals surface area contributed by atoms with Crippen LogP contribution < -0.4 is 16.6 Å². The summed E-state index contributed by atoms with van der Waals surface area (Å²) in [6.45, 7) is 6.14. The third kappa shape index (κ3) is 3.42. The van der Waals surface area contributed by atoms with Gasteiger partial charge in [-0.15, -0.1) is 0 Å². The Balaban J connectivity index is 2.75. The standard InChI is InChI=1S/C12H20N4O/c1-4-12(3,5-2)15-11(17)10-7-6-9(16-13)8-14-10/h6-8,16H,4-5,13H2,1-3H3,(H,15,17). The fourth-order valence-electron chi connectivity index (χ4n) is 1.38. The van der Waals surface area contributed by atoms with Gasteiger partial charge in [0, 0.05) is 5.54 Å². The molecule has 1 aromatic heterocycles. The maximum atomic E-state index is 12.0. The Kier molecular flexibility index (Phi) is 4.45. The molecule has 0 aliphatic carbocycles. The summed E-state index contributed by atoms with van der Waals surface area (Å²) >= 11 is 0. The van der Waals surface area contributed by atoms with Gasteiger partial charge in [-0.1, -0.05) is 13.8 Å². The van der Waals surface area contributed by atoms with Gasteiger partial charge < -0.3 is 10.7 Å². The first-order valence-corrected chi connectivity index (χ1v) is 5.80. The summed E-state index contributed by atoms with van der Waals surface area (Å²) in [5.41, 5.74) is 3.37. The second-order valence-electron chi connectivity index (χ2n) is 4.30. The molecule has 0 saturated carbocycles. The fraction of sp³-hybridized carbons (Fsp3) is 0.500.